The summed E-state index contributed by atoms with van der Waals surface area (Å²) >= 11 is 5.84. The van der Waals surface area contributed by atoms with Crippen LogP contribution in [-0.2, 0) is 0 Å². The van der Waals surface area contributed by atoms with Gasteiger partial charge in [0.15, 0.2) is 11.6 Å². The Bertz CT molecular complexity index is 348. The van der Waals surface area contributed by atoms with Crippen LogP contribution in [0.25, 0.3) is 0 Å². The lowest BCUT2D eigenvalue weighted by Gasteiger charge is -2.22. The standard InChI is InChI=1S/C13H19ClFNO/c1-13(2,9-16)7-4-8-17-12-10(14)5-3-6-11(12)15/h3,5-6H,4,7-9,16H2,1-2H3. The van der Waals surface area contributed by atoms with Gasteiger partial charge in [-0.25, -0.2) is 4.39 Å². The Balaban J connectivity index is 2.42. The van der Waals surface area contributed by atoms with Gasteiger partial charge in [0, 0.05) is 0 Å². The average molecular weight is 260 g/mol. The molecule has 0 fully saturated rings. The van der Waals surface area contributed by atoms with Gasteiger partial charge in [-0.1, -0.05) is 31.5 Å². The molecule has 1 aromatic carbocycles. The predicted molar refractivity (Wildman–Crippen MR) is 69.0 cm³/mol. The van der Waals surface area contributed by atoms with Gasteiger partial charge >= 0.3 is 0 Å². The minimum absolute atomic E-state index is 0.0996. The molecule has 0 bridgehead atoms. The lowest BCUT2D eigenvalue weighted by Crippen LogP contribution is -2.24. The van der Waals surface area contributed by atoms with E-state index in [9.17, 15) is 4.39 Å². The second-order valence-electron chi connectivity index (χ2n) is 4.87. The van der Waals surface area contributed by atoms with Crippen LogP contribution in [-0.4, -0.2) is 13.2 Å². The van der Waals surface area contributed by atoms with Crippen LogP contribution in [0.5, 0.6) is 5.75 Å². The number of para-hydroxylation sites is 1. The molecule has 0 aromatic heterocycles. The molecule has 0 atom stereocenters. The van der Waals surface area contributed by atoms with Crippen LogP contribution in [0, 0.1) is 11.2 Å². The Hall–Kier alpha value is -0.800. The van der Waals surface area contributed by atoms with Gasteiger partial charge in [0.1, 0.15) is 0 Å². The van der Waals surface area contributed by atoms with Gasteiger partial charge in [0.2, 0.25) is 0 Å². The first-order valence-corrected chi connectivity index (χ1v) is 6.11. The average Bonchev–Trinajstić information content (AvgIpc) is 2.27. The molecular weight excluding hydrogens is 241 g/mol. The molecule has 0 unspecified atom stereocenters. The van der Waals surface area contributed by atoms with E-state index in [2.05, 4.69) is 13.8 Å². The van der Waals surface area contributed by atoms with Crippen molar-refractivity contribution < 1.29 is 9.13 Å². The van der Waals surface area contributed by atoms with Crippen molar-refractivity contribution in [1.29, 1.82) is 0 Å². The molecule has 0 heterocycles. The lowest BCUT2D eigenvalue weighted by atomic mass is 9.88. The Kier molecular flexibility index (Phi) is 5.22. The summed E-state index contributed by atoms with van der Waals surface area (Å²) in [5.74, 6) is -0.282. The second kappa shape index (κ2) is 6.22. The third-order valence-corrected chi connectivity index (χ3v) is 3.01. The van der Waals surface area contributed by atoms with Crippen molar-refractivity contribution in [3.8, 4) is 5.75 Å². The van der Waals surface area contributed by atoms with Crippen LogP contribution in [0.3, 0.4) is 0 Å². The molecule has 0 saturated carbocycles. The molecule has 0 aliphatic rings. The Morgan fingerprint density at radius 2 is 2.12 bits per heavy atom. The van der Waals surface area contributed by atoms with Gasteiger partial charge in [-0.2, -0.15) is 0 Å². The second-order valence-corrected chi connectivity index (χ2v) is 5.28. The van der Waals surface area contributed by atoms with Gasteiger partial charge in [0.25, 0.3) is 0 Å². The van der Waals surface area contributed by atoms with Crippen molar-refractivity contribution in [1.82, 2.24) is 0 Å². The van der Waals surface area contributed by atoms with Crippen molar-refractivity contribution in [2.75, 3.05) is 13.2 Å². The molecule has 0 saturated heterocycles. The van der Waals surface area contributed by atoms with E-state index in [0.717, 1.165) is 12.8 Å². The van der Waals surface area contributed by atoms with Crippen molar-refractivity contribution in [2.45, 2.75) is 26.7 Å². The molecule has 0 amide bonds. The Labute approximate surface area is 107 Å². The first kappa shape index (κ1) is 14.3. The van der Waals surface area contributed by atoms with E-state index in [1.165, 1.54) is 6.07 Å². The van der Waals surface area contributed by atoms with E-state index in [4.69, 9.17) is 22.1 Å². The molecular formula is C13H19ClFNO. The quantitative estimate of drug-likeness (QED) is 0.792. The summed E-state index contributed by atoms with van der Waals surface area (Å²) in [6, 6.07) is 4.51. The van der Waals surface area contributed by atoms with Crippen LogP contribution in [0.15, 0.2) is 18.2 Å². The van der Waals surface area contributed by atoms with E-state index >= 15 is 0 Å². The van der Waals surface area contributed by atoms with E-state index in [1.54, 1.807) is 12.1 Å². The van der Waals surface area contributed by atoms with Gasteiger partial charge in [-0.05, 0) is 36.9 Å². The zero-order valence-electron chi connectivity index (χ0n) is 10.3. The summed E-state index contributed by atoms with van der Waals surface area (Å²) in [5, 5.41) is 0.308. The van der Waals surface area contributed by atoms with Crippen LogP contribution >= 0.6 is 11.6 Å². The van der Waals surface area contributed by atoms with Crippen molar-refractivity contribution in [3.63, 3.8) is 0 Å². The summed E-state index contributed by atoms with van der Waals surface area (Å²) in [5.41, 5.74) is 5.73. The van der Waals surface area contributed by atoms with E-state index in [0.29, 0.717) is 18.2 Å². The highest BCUT2D eigenvalue weighted by Crippen LogP contribution is 2.28. The van der Waals surface area contributed by atoms with Crippen molar-refractivity contribution >= 4 is 11.6 Å². The number of hydrogen-bond donors (Lipinski definition) is 1. The summed E-state index contributed by atoms with van der Waals surface area (Å²) in [4.78, 5) is 0. The van der Waals surface area contributed by atoms with E-state index in [1.807, 2.05) is 0 Å². The first-order valence-electron chi connectivity index (χ1n) is 5.73. The fraction of sp³-hybridized carbons (Fsp3) is 0.538. The summed E-state index contributed by atoms with van der Waals surface area (Å²) in [7, 11) is 0. The van der Waals surface area contributed by atoms with Gasteiger partial charge in [-0.15, -0.1) is 0 Å². The smallest absolute Gasteiger partial charge is 0.173 e. The van der Waals surface area contributed by atoms with Crippen LogP contribution in [0.1, 0.15) is 26.7 Å². The summed E-state index contributed by atoms with van der Waals surface area (Å²) in [6.45, 7) is 5.28. The van der Waals surface area contributed by atoms with Crippen LogP contribution in [0.2, 0.25) is 5.02 Å². The maximum atomic E-state index is 13.3. The van der Waals surface area contributed by atoms with Gasteiger partial charge in [-0.3, -0.25) is 0 Å². The Morgan fingerprint density at radius 3 is 2.71 bits per heavy atom. The maximum Gasteiger partial charge on any atom is 0.173 e. The minimum Gasteiger partial charge on any atom is -0.489 e. The lowest BCUT2D eigenvalue weighted by molar-refractivity contribution is 0.253. The number of hydrogen-bond acceptors (Lipinski definition) is 2. The topological polar surface area (TPSA) is 35.2 Å². The van der Waals surface area contributed by atoms with Crippen LogP contribution in [0.4, 0.5) is 4.39 Å². The number of ether oxygens (including phenoxy) is 1. The van der Waals surface area contributed by atoms with Crippen molar-refractivity contribution in [3.05, 3.63) is 29.0 Å². The highest BCUT2D eigenvalue weighted by atomic mass is 35.5. The number of halogens is 2. The third-order valence-electron chi connectivity index (χ3n) is 2.72. The number of benzene rings is 1. The fourth-order valence-electron chi connectivity index (χ4n) is 1.45. The number of nitrogens with two attached hydrogens (primary N) is 1. The largest absolute Gasteiger partial charge is 0.489 e. The van der Waals surface area contributed by atoms with Crippen LogP contribution < -0.4 is 10.5 Å². The molecule has 0 aliphatic carbocycles. The molecule has 1 aromatic rings. The van der Waals surface area contributed by atoms with E-state index in [-0.39, 0.29) is 11.2 Å². The highest BCUT2D eigenvalue weighted by molar-refractivity contribution is 6.32. The fourth-order valence-corrected chi connectivity index (χ4v) is 1.66. The van der Waals surface area contributed by atoms with Crippen molar-refractivity contribution in [2.24, 2.45) is 11.1 Å². The molecule has 4 heteroatoms. The minimum atomic E-state index is -0.421. The molecule has 2 nitrogen and oxygen atoms in total. The molecule has 1 rings (SSSR count). The molecule has 96 valence electrons. The summed E-state index contributed by atoms with van der Waals surface area (Å²) in [6.07, 6.45) is 1.77. The zero-order valence-corrected chi connectivity index (χ0v) is 11.1. The maximum absolute atomic E-state index is 13.3. The summed E-state index contributed by atoms with van der Waals surface area (Å²) < 4.78 is 18.7. The highest BCUT2D eigenvalue weighted by Gasteiger charge is 2.15. The molecule has 17 heavy (non-hydrogen) atoms. The number of rotatable bonds is 6. The normalized spacial score (nSPS) is 11.6. The predicted octanol–water partition coefficient (Wildman–Crippen LogP) is 3.62. The molecule has 2 N–H and O–H groups in total. The molecule has 0 radical (unpaired) electrons. The monoisotopic (exact) mass is 259 g/mol. The Morgan fingerprint density at radius 1 is 1.41 bits per heavy atom. The first-order chi connectivity index (χ1) is 7.96. The molecule has 0 spiro atoms. The van der Waals surface area contributed by atoms with Gasteiger partial charge < -0.3 is 10.5 Å². The third kappa shape index (κ3) is 4.52. The molecule has 0 aliphatic heterocycles. The zero-order chi connectivity index (χ0) is 12.9. The van der Waals surface area contributed by atoms with E-state index < -0.39 is 5.82 Å². The SMILES string of the molecule is CC(C)(CN)CCCOc1c(F)cccc1Cl. The van der Waals surface area contributed by atoms with Gasteiger partial charge in [0.05, 0.1) is 11.6 Å².